The highest BCUT2D eigenvalue weighted by atomic mass is 35.5. The first-order chi connectivity index (χ1) is 11.1. The van der Waals surface area contributed by atoms with E-state index >= 15 is 0 Å². The second-order valence-corrected chi connectivity index (χ2v) is 7.09. The second-order valence-electron chi connectivity index (χ2n) is 7.09. The van der Waals surface area contributed by atoms with Crippen LogP contribution in [0.2, 0.25) is 0 Å². The lowest BCUT2D eigenvalue weighted by Gasteiger charge is -2.34. The molecule has 5 nitrogen and oxygen atoms in total. The third kappa shape index (κ3) is 4.95. The van der Waals surface area contributed by atoms with Crippen molar-refractivity contribution >= 4 is 29.9 Å². The Morgan fingerprint density at radius 1 is 1.25 bits per heavy atom. The molecule has 0 bridgehead atoms. The fraction of sp³-hybridized carbons (Fsp3) is 0.556. The summed E-state index contributed by atoms with van der Waals surface area (Å²) in [6.07, 6.45) is 4.09. The Hall–Kier alpha value is -1.59. The Morgan fingerprint density at radius 2 is 1.96 bits per heavy atom. The first-order valence-electron chi connectivity index (χ1n) is 8.46. The van der Waals surface area contributed by atoms with Crippen LogP contribution < -0.4 is 16.0 Å². The molecule has 0 unspecified atom stereocenters. The maximum atomic E-state index is 12.4. The molecule has 1 saturated heterocycles. The van der Waals surface area contributed by atoms with E-state index in [9.17, 15) is 9.59 Å². The van der Waals surface area contributed by atoms with Crippen molar-refractivity contribution in [3.8, 4) is 0 Å². The molecule has 6 heteroatoms. The molecular formula is C18H26ClN3O2. The summed E-state index contributed by atoms with van der Waals surface area (Å²) in [6.45, 7) is 4.93. The molecule has 1 saturated carbocycles. The predicted octanol–water partition coefficient (Wildman–Crippen LogP) is 2.58. The van der Waals surface area contributed by atoms with Crippen molar-refractivity contribution in [3.05, 3.63) is 29.8 Å². The lowest BCUT2D eigenvalue weighted by Crippen LogP contribution is -2.42. The van der Waals surface area contributed by atoms with Crippen LogP contribution in [-0.4, -0.2) is 31.4 Å². The Kier molecular flexibility index (Phi) is 6.24. The summed E-state index contributed by atoms with van der Waals surface area (Å²) in [5, 5.41) is 9.28. The zero-order chi connectivity index (χ0) is 16.3. The van der Waals surface area contributed by atoms with Crippen LogP contribution in [-0.2, 0) is 4.79 Å². The average Bonchev–Trinajstić information content (AvgIpc) is 3.39. The molecular weight excluding hydrogens is 326 g/mol. The van der Waals surface area contributed by atoms with E-state index in [1.165, 1.54) is 0 Å². The first kappa shape index (κ1) is 18.7. The summed E-state index contributed by atoms with van der Waals surface area (Å²) in [4.78, 5) is 24.2. The molecule has 3 rings (SSSR count). The number of rotatable bonds is 5. The summed E-state index contributed by atoms with van der Waals surface area (Å²) >= 11 is 0. The minimum Gasteiger partial charge on any atom is -0.351 e. The van der Waals surface area contributed by atoms with Crippen molar-refractivity contribution in [3.63, 3.8) is 0 Å². The quantitative estimate of drug-likeness (QED) is 0.763. The monoisotopic (exact) mass is 351 g/mol. The predicted molar refractivity (Wildman–Crippen MR) is 97.6 cm³/mol. The van der Waals surface area contributed by atoms with Gasteiger partial charge in [0.2, 0.25) is 5.91 Å². The smallest absolute Gasteiger partial charge is 0.251 e. The zero-order valence-corrected chi connectivity index (χ0v) is 14.9. The summed E-state index contributed by atoms with van der Waals surface area (Å²) in [5.74, 6) is 0.143. The van der Waals surface area contributed by atoms with Crippen LogP contribution in [0.25, 0.3) is 0 Å². The number of amides is 2. The molecule has 0 atom stereocenters. The van der Waals surface area contributed by atoms with Crippen LogP contribution in [0.5, 0.6) is 0 Å². The van der Waals surface area contributed by atoms with Gasteiger partial charge in [-0.2, -0.15) is 0 Å². The highest BCUT2D eigenvalue weighted by molar-refractivity contribution is 5.98. The van der Waals surface area contributed by atoms with Gasteiger partial charge in [0.05, 0.1) is 0 Å². The second kappa shape index (κ2) is 7.99. The third-order valence-electron chi connectivity index (χ3n) is 4.83. The van der Waals surface area contributed by atoms with Crippen LogP contribution >= 0.6 is 12.4 Å². The Morgan fingerprint density at radius 3 is 2.62 bits per heavy atom. The van der Waals surface area contributed by atoms with E-state index in [1.54, 1.807) is 12.1 Å². The average molecular weight is 352 g/mol. The number of nitrogens with one attached hydrogen (secondary N) is 3. The van der Waals surface area contributed by atoms with Crippen LogP contribution in [0.1, 0.15) is 43.0 Å². The van der Waals surface area contributed by atoms with E-state index < -0.39 is 0 Å². The highest BCUT2D eigenvalue weighted by Gasteiger charge is 2.30. The van der Waals surface area contributed by atoms with Gasteiger partial charge in [-0.25, -0.2) is 0 Å². The summed E-state index contributed by atoms with van der Waals surface area (Å²) in [7, 11) is 0. The van der Waals surface area contributed by atoms with Gasteiger partial charge < -0.3 is 16.0 Å². The van der Waals surface area contributed by atoms with Gasteiger partial charge in [-0.3, -0.25) is 9.59 Å². The lowest BCUT2D eigenvalue weighted by atomic mass is 9.81. The fourth-order valence-electron chi connectivity index (χ4n) is 2.93. The molecule has 1 aromatic rings. The molecule has 2 fully saturated rings. The number of benzene rings is 1. The van der Waals surface area contributed by atoms with Crippen LogP contribution in [0, 0.1) is 11.3 Å². The molecule has 0 radical (unpaired) electrons. The van der Waals surface area contributed by atoms with Crippen molar-refractivity contribution in [1.29, 1.82) is 0 Å². The third-order valence-corrected chi connectivity index (χ3v) is 4.83. The number of carbonyl (C=O) groups is 2. The van der Waals surface area contributed by atoms with Crippen molar-refractivity contribution in [2.75, 3.05) is 25.0 Å². The fourth-order valence-corrected chi connectivity index (χ4v) is 2.93. The zero-order valence-electron chi connectivity index (χ0n) is 14.1. The molecule has 1 heterocycles. The van der Waals surface area contributed by atoms with Crippen LogP contribution in [0.3, 0.4) is 0 Å². The van der Waals surface area contributed by atoms with Crippen molar-refractivity contribution < 1.29 is 9.59 Å². The Bertz CT molecular complexity index is 596. The number of hydrogen-bond donors (Lipinski definition) is 3. The van der Waals surface area contributed by atoms with Crippen molar-refractivity contribution in [2.24, 2.45) is 11.3 Å². The van der Waals surface area contributed by atoms with E-state index in [0.717, 1.165) is 38.8 Å². The van der Waals surface area contributed by atoms with Gasteiger partial charge in [0, 0.05) is 23.7 Å². The number of anilines is 1. The first-order valence-corrected chi connectivity index (χ1v) is 8.46. The van der Waals surface area contributed by atoms with Gasteiger partial charge in [-0.15, -0.1) is 12.4 Å². The molecule has 24 heavy (non-hydrogen) atoms. The topological polar surface area (TPSA) is 70.2 Å². The number of carbonyl (C=O) groups excluding carboxylic acids is 2. The molecule has 1 aromatic carbocycles. The van der Waals surface area contributed by atoms with Gasteiger partial charge >= 0.3 is 0 Å². The van der Waals surface area contributed by atoms with Crippen LogP contribution in [0.15, 0.2) is 24.3 Å². The maximum absolute atomic E-state index is 12.4. The molecule has 2 amide bonds. The number of piperidine rings is 1. The van der Waals surface area contributed by atoms with E-state index in [4.69, 9.17) is 0 Å². The van der Waals surface area contributed by atoms with E-state index in [1.807, 2.05) is 12.1 Å². The Labute approximate surface area is 149 Å². The highest BCUT2D eigenvalue weighted by Crippen LogP contribution is 2.30. The Balaban J connectivity index is 0.00000208. The van der Waals surface area contributed by atoms with Gasteiger partial charge in [-0.1, -0.05) is 13.0 Å². The van der Waals surface area contributed by atoms with Crippen molar-refractivity contribution in [1.82, 2.24) is 10.6 Å². The van der Waals surface area contributed by atoms with E-state index in [2.05, 4.69) is 22.9 Å². The normalized spacial score (nSPS) is 19.0. The van der Waals surface area contributed by atoms with E-state index in [-0.39, 0.29) is 35.6 Å². The number of halogens is 1. The molecule has 2 aliphatic rings. The standard InChI is InChI=1S/C18H25N3O2.ClH/c1-18(7-9-19-10-8-18)12-20-16(22)14-3-2-4-15(11-14)21-17(23)13-5-6-13;/h2-4,11,13,19H,5-10,12H2,1H3,(H,20,22)(H,21,23);1H. The summed E-state index contributed by atoms with van der Waals surface area (Å²) in [6, 6.07) is 7.17. The molecule has 3 N–H and O–H groups in total. The molecule has 132 valence electrons. The minimum atomic E-state index is -0.0766. The maximum Gasteiger partial charge on any atom is 0.251 e. The lowest BCUT2D eigenvalue weighted by molar-refractivity contribution is -0.117. The largest absolute Gasteiger partial charge is 0.351 e. The summed E-state index contributed by atoms with van der Waals surface area (Å²) < 4.78 is 0. The SMILES string of the molecule is CC1(CNC(=O)c2cccc(NC(=O)C3CC3)c2)CCNCC1.Cl. The molecule has 1 aliphatic heterocycles. The number of hydrogen-bond acceptors (Lipinski definition) is 3. The van der Waals surface area contributed by atoms with E-state index in [0.29, 0.717) is 17.8 Å². The van der Waals surface area contributed by atoms with Gasteiger partial charge in [0.25, 0.3) is 5.91 Å². The summed E-state index contributed by atoms with van der Waals surface area (Å²) in [5.41, 5.74) is 1.46. The molecule has 0 spiro atoms. The van der Waals surface area contributed by atoms with Crippen LogP contribution in [0.4, 0.5) is 5.69 Å². The van der Waals surface area contributed by atoms with Gasteiger partial charge in [-0.05, 0) is 62.4 Å². The molecule has 1 aliphatic carbocycles. The van der Waals surface area contributed by atoms with Crippen molar-refractivity contribution in [2.45, 2.75) is 32.6 Å². The minimum absolute atomic E-state index is 0. The van der Waals surface area contributed by atoms with Gasteiger partial charge in [0.15, 0.2) is 0 Å². The van der Waals surface area contributed by atoms with Gasteiger partial charge in [0.1, 0.15) is 0 Å². The molecule has 0 aromatic heterocycles.